The first-order valence-electron chi connectivity index (χ1n) is 4.36. The van der Waals surface area contributed by atoms with Crippen LogP contribution in [-0.4, -0.2) is 33.7 Å². The van der Waals surface area contributed by atoms with Crippen molar-refractivity contribution >= 4 is 5.95 Å². The molecule has 2 heterocycles. The average Bonchev–Trinajstić information content (AvgIpc) is 2.54. The van der Waals surface area contributed by atoms with Gasteiger partial charge in [-0.05, 0) is 29.9 Å². The van der Waals surface area contributed by atoms with E-state index in [1.807, 2.05) is 0 Å². The minimum Gasteiger partial charge on any atom is -0.338 e. The molecule has 1 aromatic heterocycles. The molecule has 5 nitrogen and oxygen atoms in total. The summed E-state index contributed by atoms with van der Waals surface area (Å²) < 4.78 is 0. The third kappa shape index (κ3) is 0.821. The maximum absolute atomic E-state index is 3.97. The Hall–Kier alpha value is -1.13. The highest BCUT2D eigenvalue weighted by atomic mass is 15.5. The fraction of sp³-hybridized carbons (Fsp3) is 0.857. The van der Waals surface area contributed by atoms with Gasteiger partial charge in [0.2, 0.25) is 0 Å². The molecule has 2 fully saturated rings. The van der Waals surface area contributed by atoms with Gasteiger partial charge < -0.3 is 4.90 Å². The highest BCUT2D eigenvalue weighted by Gasteiger charge is 2.48. The molecular formula is C7H11N5. The Labute approximate surface area is 70.1 Å². The lowest BCUT2D eigenvalue weighted by atomic mass is 10.1. The third-order valence-electron chi connectivity index (χ3n) is 3.01. The van der Waals surface area contributed by atoms with Crippen LogP contribution in [0.2, 0.25) is 0 Å². The summed E-state index contributed by atoms with van der Waals surface area (Å²) in [5.41, 5.74) is 0.640. The summed E-state index contributed by atoms with van der Waals surface area (Å²) in [6.45, 7) is 2.23. The van der Waals surface area contributed by atoms with Crippen molar-refractivity contribution in [3.8, 4) is 0 Å². The number of anilines is 1. The number of hydrogen-bond donors (Lipinski definition) is 1. The number of nitrogens with zero attached hydrogens (tertiary/aromatic N) is 4. The molecule has 0 aromatic carbocycles. The standard InChI is InChI=1S/C7H11N5/c1-2-7(1)3-4-12(5-7)6-8-10-11-9-6/h1-5H2,(H,8,9,10,11). The summed E-state index contributed by atoms with van der Waals surface area (Å²) in [6, 6.07) is 0. The lowest BCUT2D eigenvalue weighted by molar-refractivity contribution is 0.580. The lowest BCUT2D eigenvalue weighted by Gasteiger charge is -2.11. The molecule has 64 valence electrons. The fourth-order valence-corrected chi connectivity index (χ4v) is 1.98. The zero-order chi connectivity index (χ0) is 8.02. The van der Waals surface area contributed by atoms with Gasteiger partial charge in [-0.3, -0.25) is 0 Å². The molecule has 1 saturated heterocycles. The van der Waals surface area contributed by atoms with Gasteiger partial charge >= 0.3 is 0 Å². The van der Waals surface area contributed by atoms with Crippen molar-refractivity contribution in [2.45, 2.75) is 19.3 Å². The van der Waals surface area contributed by atoms with Gasteiger partial charge in [0.1, 0.15) is 0 Å². The lowest BCUT2D eigenvalue weighted by Crippen LogP contribution is -2.21. The van der Waals surface area contributed by atoms with E-state index in [2.05, 4.69) is 25.5 Å². The van der Waals surface area contributed by atoms with Gasteiger partial charge in [0.25, 0.3) is 5.95 Å². The quantitative estimate of drug-likeness (QED) is 0.645. The van der Waals surface area contributed by atoms with Crippen molar-refractivity contribution in [1.82, 2.24) is 20.6 Å². The fourth-order valence-electron chi connectivity index (χ4n) is 1.98. The minimum absolute atomic E-state index is 0.640. The van der Waals surface area contributed by atoms with Crippen LogP contribution in [0.1, 0.15) is 19.3 Å². The minimum atomic E-state index is 0.640. The summed E-state index contributed by atoms with van der Waals surface area (Å²) >= 11 is 0. The van der Waals surface area contributed by atoms with Crippen LogP contribution in [0.3, 0.4) is 0 Å². The topological polar surface area (TPSA) is 57.7 Å². The van der Waals surface area contributed by atoms with Crippen molar-refractivity contribution in [3.05, 3.63) is 0 Å². The molecule has 1 N–H and O–H groups in total. The van der Waals surface area contributed by atoms with E-state index in [1.54, 1.807) is 0 Å². The predicted octanol–water partition coefficient (Wildman–Crippen LogP) is 0.190. The number of tetrazole rings is 1. The largest absolute Gasteiger partial charge is 0.338 e. The van der Waals surface area contributed by atoms with Crippen LogP contribution in [0.4, 0.5) is 5.95 Å². The van der Waals surface area contributed by atoms with E-state index in [9.17, 15) is 0 Å². The third-order valence-corrected chi connectivity index (χ3v) is 3.01. The molecule has 0 unspecified atom stereocenters. The van der Waals surface area contributed by atoms with Gasteiger partial charge in [-0.1, -0.05) is 5.10 Å². The van der Waals surface area contributed by atoms with E-state index in [0.29, 0.717) is 5.41 Å². The van der Waals surface area contributed by atoms with Crippen LogP contribution in [0.15, 0.2) is 0 Å². The normalized spacial score (nSPS) is 25.2. The molecule has 3 rings (SSSR count). The van der Waals surface area contributed by atoms with E-state index < -0.39 is 0 Å². The zero-order valence-electron chi connectivity index (χ0n) is 6.82. The van der Waals surface area contributed by atoms with Crippen LogP contribution in [0, 0.1) is 5.41 Å². The summed E-state index contributed by atoms with van der Waals surface area (Å²) in [4.78, 5) is 2.22. The molecular weight excluding hydrogens is 154 g/mol. The highest BCUT2D eigenvalue weighted by Crippen LogP contribution is 2.52. The van der Waals surface area contributed by atoms with Crippen LogP contribution >= 0.6 is 0 Å². The SMILES string of the molecule is C1CC2(CC2)CN1c1nn[nH]n1. The molecule has 1 spiro atoms. The number of nitrogens with one attached hydrogen (secondary N) is 1. The van der Waals surface area contributed by atoms with Crippen molar-refractivity contribution in [2.75, 3.05) is 18.0 Å². The molecule has 0 radical (unpaired) electrons. The smallest absolute Gasteiger partial charge is 0.265 e. The molecule has 1 saturated carbocycles. The number of aromatic nitrogens is 4. The van der Waals surface area contributed by atoms with Gasteiger partial charge in [-0.15, -0.1) is 5.10 Å². The van der Waals surface area contributed by atoms with Gasteiger partial charge in [0, 0.05) is 13.1 Å². The molecule has 1 aliphatic carbocycles. The Kier molecular flexibility index (Phi) is 1.05. The number of hydrogen-bond acceptors (Lipinski definition) is 4. The summed E-state index contributed by atoms with van der Waals surface area (Å²) in [5.74, 6) is 0.763. The molecule has 2 aliphatic rings. The first kappa shape index (κ1) is 6.39. The summed E-state index contributed by atoms with van der Waals surface area (Å²) in [5, 5.41) is 14.0. The Bertz CT molecular complexity index is 276. The average molecular weight is 165 g/mol. The van der Waals surface area contributed by atoms with Gasteiger partial charge in [0.05, 0.1) is 0 Å². The number of H-pyrrole nitrogens is 1. The molecule has 5 heteroatoms. The second-order valence-electron chi connectivity index (χ2n) is 3.88. The van der Waals surface area contributed by atoms with Crippen molar-refractivity contribution in [2.24, 2.45) is 5.41 Å². The second-order valence-corrected chi connectivity index (χ2v) is 3.88. The van der Waals surface area contributed by atoms with Gasteiger partial charge in [-0.2, -0.15) is 5.21 Å². The van der Waals surface area contributed by atoms with E-state index in [4.69, 9.17) is 0 Å². The van der Waals surface area contributed by atoms with Gasteiger partial charge in [-0.25, -0.2) is 0 Å². The van der Waals surface area contributed by atoms with E-state index in [0.717, 1.165) is 19.0 Å². The van der Waals surface area contributed by atoms with E-state index in [1.165, 1.54) is 19.3 Å². The van der Waals surface area contributed by atoms with Crippen LogP contribution in [0.25, 0.3) is 0 Å². The summed E-state index contributed by atoms with van der Waals surface area (Å²) in [6.07, 6.45) is 4.09. The Morgan fingerprint density at radius 3 is 2.83 bits per heavy atom. The van der Waals surface area contributed by atoms with E-state index in [-0.39, 0.29) is 0 Å². The molecule has 0 bridgehead atoms. The van der Waals surface area contributed by atoms with Crippen LogP contribution < -0.4 is 4.90 Å². The molecule has 1 aliphatic heterocycles. The first-order valence-corrected chi connectivity index (χ1v) is 4.36. The van der Waals surface area contributed by atoms with Crippen LogP contribution in [-0.2, 0) is 0 Å². The Morgan fingerprint density at radius 1 is 1.33 bits per heavy atom. The number of aromatic amines is 1. The summed E-state index contributed by atoms with van der Waals surface area (Å²) in [7, 11) is 0. The number of rotatable bonds is 1. The Balaban J connectivity index is 1.80. The molecule has 0 amide bonds. The maximum atomic E-state index is 3.97. The molecule has 1 aromatic rings. The predicted molar refractivity (Wildman–Crippen MR) is 42.7 cm³/mol. The monoisotopic (exact) mass is 165 g/mol. The highest BCUT2D eigenvalue weighted by molar-refractivity contribution is 5.31. The zero-order valence-corrected chi connectivity index (χ0v) is 6.82. The van der Waals surface area contributed by atoms with Crippen molar-refractivity contribution in [3.63, 3.8) is 0 Å². The molecule has 0 atom stereocenters. The van der Waals surface area contributed by atoms with Crippen molar-refractivity contribution in [1.29, 1.82) is 0 Å². The van der Waals surface area contributed by atoms with Crippen LogP contribution in [0.5, 0.6) is 0 Å². The maximum Gasteiger partial charge on any atom is 0.265 e. The second kappa shape index (κ2) is 1.97. The van der Waals surface area contributed by atoms with Gasteiger partial charge in [0.15, 0.2) is 0 Å². The Morgan fingerprint density at radius 2 is 2.25 bits per heavy atom. The van der Waals surface area contributed by atoms with E-state index >= 15 is 0 Å². The first-order chi connectivity index (χ1) is 5.88. The van der Waals surface area contributed by atoms with Crippen molar-refractivity contribution < 1.29 is 0 Å². The molecule has 12 heavy (non-hydrogen) atoms.